The predicted molar refractivity (Wildman–Crippen MR) is 112 cm³/mol. The van der Waals surface area contributed by atoms with Gasteiger partial charge in [-0.2, -0.15) is 13.2 Å². The van der Waals surface area contributed by atoms with Gasteiger partial charge >= 0.3 is 12.1 Å². The number of halogens is 4. The van der Waals surface area contributed by atoms with Crippen LogP contribution < -0.4 is 10.5 Å². The fraction of sp³-hybridized carbons (Fsp3) is 0.304. The highest BCUT2D eigenvalue weighted by Gasteiger charge is 2.62. The quantitative estimate of drug-likeness (QED) is 0.545. The zero-order valence-electron chi connectivity index (χ0n) is 17.2. The smallest absolute Gasteiger partial charge is 0.426 e. The number of para-hydroxylation sites is 1. The summed E-state index contributed by atoms with van der Waals surface area (Å²) in [5.41, 5.74) is 4.90. The normalized spacial score (nSPS) is 20.9. The summed E-state index contributed by atoms with van der Waals surface area (Å²) in [4.78, 5) is 24.7. The average molecular weight is 468 g/mol. The lowest BCUT2D eigenvalue weighted by molar-refractivity contribution is -0.157. The van der Waals surface area contributed by atoms with E-state index in [-0.39, 0.29) is 5.56 Å². The molecule has 0 bridgehead atoms. The van der Waals surface area contributed by atoms with Crippen LogP contribution in [0, 0.1) is 17.3 Å². The Labute approximate surface area is 187 Å². The second-order valence-electron chi connectivity index (χ2n) is 8.04. The van der Waals surface area contributed by atoms with Crippen molar-refractivity contribution in [3.8, 4) is 11.5 Å². The van der Waals surface area contributed by atoms with Crippen LogP contribution >= 0.6 is 11.6 Å². The van der Waals surface area contributed by atoms with E-state index in [2.05, 4.69) is 0 Å². The van der Waals surface area contributed by atoms with Gasteiger partial charge in [0.25, 0.3) is 5.91 Å². The molecule has 1 aliphatic carbocycles. The molecule has 2 N–H and O–H groups in total. The van der Waals surface area contributed by atoms with E-state index in [0.29, 0.717) is 11.5 Å². The Morgan fingerprint density at radius 1 is 1.09 bits per heavy atom. The molecule has 0 radical (unpaired) electrons. The van der Waals surface area contributed by atoms with Gasteiger partial charge in [-0.15, -0.1) is 0 Å². The second kappa shape index (κ2) is 8.86. The predicted octanol–water partition coefficient (Wildman–Crippen LogP) is 5.51. The first kappa shape index (κ1) is 23.7. The van der Waals surface area contributed by atoms with Gasteiger partial charge in [-0.25, -0.2) is 0 Å². The van der Waals surface area contributed by atoms with E-state index >= 15 is 0 Å². The number of esters is 1. The first-order chi connectivity index (χ1) is 14.9. The zero-order valence-corrected chi connectivity index (χ0v) is 18.0. The molecule has 9 heteroatoms. The van der Waals surface area contributed by atoms with Crippen LogP contribution in [-0.4, -0.2) is 18.1 Å². The number of carbonyl (C=O) groups excluding carboxylic acids is 2. The highest BCUT2D eigenvalue weighted by molar-refractivity contribution is 6.30. The van der Waals surface area contributed by atoms with Crippen molar-refractivity contribution in [3.63, 3.8) is 0 Å². The third-order valence-electron chi connectivity index (χ3n) is 5.39. The van der Waals surface area contributed by atoms with Crippen LogP contribution in [0.4, 0.5) is 13.2 Å². The third-order valence-corrected chi connectivity index (χ3v) is 5.73. The molecule has 0 saturated heterocycles. The number of carbonyl (C=O) groups is 2. The molecule has 3 unspecified atom stereocenters. The minimum Gasteiger partial charge on any atom is -0.457 e. The van der Waals surface area contributed by atoms with Gasteiger partial charge in [0.05, 0.1) is 5.92 Å². The summed E-state index contributed by atoms with van der Waals surface area (Å²) in [6.07, 6.45) is -5.33. The average Bonchev–Trinajstić information content (AvgIpc) is 3.25. The number of hydrogen-bond acceptors (Lipinski definition) is 4. The Morgan fingerprint density at radius 3 is 2.31 bits per heavy atom. The fourth-order valence-electron chi connectivity index (χ4n) is 3.54. The number of hydrogen-bond donors (Lipinski definition) is 1. The lowest BCUT2D eigenvalue weighted by Gasteiger charge is -2.16. The molecular weight excluding hydrogens is 447 g/mol. The Kier molecular flexibility index (Phi) is 6.55. The first-order valence-electron chi connectivity index (χ1n) is 9.68. The molecule has 5 nitrogen and oxygen atoms in total. The largest absolute Gasteiger partial charge is 0.457 e. The van der Waals surface area contributed by atoms with Crippen molar-refractivity contribution in [2.24, 2.45) is 23.0 Å². The van der Waals surface area contributed by atoms with E-state index in [1.165, 1.54) is 12.1 Å². The lowest BCUT2D eigenvalue weighted by Crippen LogP contribution is -2.27. The fourth-order valence-corrected chi connectivity index (χ4v) is 3.67. The molecule has 0 heterocycles. The summed E-state index contributed by atoms with van der Waals surface area (Å²) in [5, 5.41) is -1.30. The number of allylic oxidation sites excluding steroid dienone is 2. The van der Waals surface area contributed by atoms with Gasteiger partial charge in [-0.3, -0.25) is 9.59 Å². The minimum absolute atomic E-state index is 0.276. The molecule has 2 aromatic carbocycles. The maximum Gasteiger partial charge on any atom is 0.426 e. The summed E-state index contributed by atoms with van der Waals surface area (Å²) in [6.45, 7) is 3.24. The highest BCUT2D eigenvalue weighted by atomic mass is 35.5. The van der Waals surface area contributed by atoms with E-state index in [1.54, 1.807) is 50.2 Å². The number of alkyl halides is 3. The van der Waals surface area contributed by atoms with Crippen LogP contribution in [0.5, 0.6) is 11.5 Å². The highest BCUT2D eigenvalue weighted by Crippen LogP contribution is 2.60. The standard InChI is InChI=1S/C23H21ClF3NO4/c1-22(2)16(12-17(24)23(25,26)27)18(22)21(30)32-19(20(28)29)13-7-6-10-15(11-13)31-14-8-4-3-5-9-14/h3-12,16,18-19H,1-2H3,(H2,28,29)/b17-12-. The Bertz CT molecular complexity index is 1040. The van der Waals surface area contributed by atoms with Gasteiger partial charge < -0.3 is 15.2 Å². The molecule has 0 spiro atoms. The molecule has 1 aliphatic rings. The van der Waals surface area contributed by atoms with E-state index in [4.69, 9.17) is 26.8 Å². The molecule has 1 amide bonds. The zero-order chi connectivity index (χ0) is 23.7. The Morgan fingerprint density at radius 2 is 1.72 bits per heavy atom. The van der Waals surface area contributed by atoms with E-state index < -0.39 is 46.4 Å². The summed E-state index contributed by atoms with van der Waals surface area (Å²) in [6, 6.07) is 15.2. The maximum absolute atomic E-state index is 12.8. The number of primary amides is 1. The molecule has 0 aliphatic heterocycles. The molecular formula is C23H21ClF3NO4. The maximum atomic E-state index is 12.8. The van der Waals surface area contributed by atoms with Crippen molar-refractivity contribution >= 4 is 23.5 Å². The summed E-state index contributed by atoms with van der Waals surface area (Å²) in [5.74, 6) is -2.49. The third kappa shape index (κ3) is 5.24. The van der Waals surface area contributed by atoms with Crippen LogP contribution in [0.2, 0.25) is 0 Å². The van der Waals surface area contributed by atoms with E-state index in [1.807, 2.05) is 6.07 Å². The second-order valence-corrected chi connectivity index (χ2v) is 8.45. The van der Waals surface area contributed by atoms with Crippen molar-refractivity contribution in [3.05, 3.63) is 71.3 Å². The van der Waals surface area contributed by atoms with Gasteiger partial charge in [-0.05, 0) is 35.6 Å². The van der Waals surface area contributed by atoms with Crippen LogP contribution in [-0.2, 0) is 14.3 Å². The van der Waals surface area contributed by atoms with Crippen LogP contribution in [0.25, 0.3) is 0 Å². The molecule has 1 saturated carbocycles. The number of ether oxygens (including phenoxy) is 2. The SMILES string of the molecule is CC1(C)C(/C=C(\Cl)C(F)(F)F)C1C(=O)OC(C(N)=O)c1cccc(Oc2ccccc2)c1. The van der Waals surface area contributed by atoms with Crippen molar-refractivity contribution in [2.45, 2.75) is 26.1 Å². The van der Waals surface area contributed by atoms with Gasteiger partial charge in [-0.1, -0.05) is 61.9 Å². The Hall–Kier alpha value is -3.00. The van der Waals surface area contributed by atoms with Gasteiger partial charge in [0, 0.05) is 5.56 Å². The lowest BCUT2D eigenvalue weighted by atomic mass is 10.1. The molecule has 2 aromatic rings. The number of benzene rings is 2. The van der Waals surface area contributed by atoms with Crippen molar-refractivity contribution in [2.75, 3.05) is 0 Å². The van der Waals surface area contributed by atoms with Gasteiger partial charge in [0.1, 0.15) is 16.5 Å². The molecule has 32 heavy (non-hydrogen) atoms. The van der Waals surface area contributed by atoms with Crippen molar-refractivity contribution < 1.29 is 32.2 Å². The molecule has 170 valence electrons. The number of rotatable bonds is 7. The van der Waals surface area contributed by atoms with E-state index in [9.17, 15) is 22.8 Å². The molecule has 1 fully saturated rings. The van der Waals surface area contributed by atoms with Crippen molar-refractivity contribution in [1.29, 1.82) is 0 Å². The molecule has 3 rings (SSSR count). The Balaban J connectivity index is 1.77. The minimum atomic E-state index is -4.70. The monoisotopic (exact) mass is 467 g/mol. The number of nitrogens with two attached hydrogens (primary N) is 1. The van der Waals surface area contributed by atoms with E-state index in [0.717, 1.165) is 6.08 Å². The summed E-state index contributed by atoms with van der Waals surface area (Å²) in [7, 11) is 0. The topological polar surface area (TPSA) is 78.6 Å². The van der Waals surface area contributed by atoms with Gasteiger partial charge in [0.2, 0.25) is 6.10 Å². The summed E-state index contributed by atoms with van der Waals surface area (Å²) < 4.78 is 49.3. The molecule has 0 aromatic heterocycles. The van der Waals surface area contributed by atoms with Crippen LogP contribution in [0.15, 0.2) is 65.7 Å². The summed E-state index contributed by atoms with van der Waals surface area (Å²) >= 11 is 5.32. The van der Waals surface area contributed by atoms with Crippen molar-refractivity contribution in [1.82, 2.24) is 0 Å². The van der Waals surface area contributed by atoms with Crippen LogP contribution in [0.3, 0.4) is 0 Å². The molecule has 3 atom stereocenters. The number of amides is 1. The van der Waals surface area contributed by atoms with Crippen LogP contribution in [0.1, 0.15) is 25.5 Å². The van der Waals surface area contributed by atoms with Gasteiger partial charge in [0.15, 0.2) is 0 Å². The first-order valence-corrected chi connectivity index (χ1v) is 10.1.